The second kappa shape index (κ2) is 6.19. The molecule has 3 heteroatoms. The minimum absolute atomic E-state index is 0.507. The van der Waals surface area contributed by atoms with E-state index in [-0.39, 0.29) is 0 Å². The van der Waals surface area contributed by atoms with Gasteiger partial charge in [-0.25, -0.2) is 4.98 Å². The van der Waals surface area contributed by atoms with Crippen molar-refractivity contribution in [1.82, 2.24) is 10.3 Å². The van der Waals surface area contributed by atoms with Crippen LogP contribution in [-0.2, 0) is 0 Å². The molecule has 0 aliphatic carbocycles. The highest BCUT2D eigenvalue weighted by atomic mass is 16.5. The third-order valence-electron chi connectivity index (χ3n) is 2.26. The van der Waals surface area contributed by atoms with Gasteiger partial charge in [-0.1, -0.05) is 12.2 Å². The lowest BCUT2D eigenvalue weighted by Crippen LogP contribution is -2.19. The average molecular weight is 206 g/mol. The zero-order valence-electron chi connectivity index (χ0n) is 9.53. The van der Waals surface area contributed by atoms with Gasteiger partial charge in [0.05, 0.1) is 7.11 Å². The van der Waals surface area contributed by atoms with Crippen molar-refractivity contribution in [3.8, 4) is 5.88 Å². The summed E-state index contributed by atoms with van der Waals surface area (Å²) < 4.78 is 4.98. The van der Waals surface area contributed by atoms with Crippen LogP contribution in [0, 0.1) is 0 Å². The molecule has 82 valence electrons. The van der Waals surface area contributed by atoms with Crippen LogP contribution < -0.4 is 10.1 Å². The van der Waals surface area contributed by atoms with Gasteiger partial charge in [0.2, 0.25) is 5.88 Å². The fraction of sp³-hybridized carbons (Fsp3) is 0.417. The normalized spacial score (nSPS) is 13.0. The standard InChI is InChI=1S/C12H18N2O/c1-10(13-2)5-4-6-11-7-8-12(15-3)14-9-11/h4,6-10,13H,5H2,1-3H3. The number of hydrogen-bond acceptors (Lipinski definition) is 3. The van der Waals surface area contributed by atoms with Crippen LogP contribution in [0.25, 0.3) is 6.08 Å². The van der Waals surface area contributed by atoms with E-state index in [0.29, 0.717) is 11.9 Å². The highest BCUT2D eigenvalue weighted by molar-refractivity contribution is 5.48. The summed E-state index contributed by atoms with van der Waals surface area (Å²) in [5.74, 6) is 0.649. The van der Waals surface area contributed by atoms with E-state index in [2.05, 4.69) is 29.4 Å². The Hall–Kier alpha value is -1.35. The minimum atomic E-state index is 0.507. The monoisotopic (exact) mass is 206 g/mol. The molecule has 0 aliphatic rings. The number of rotatable bonds is 5. The van der Waals surface area contributed by atoms with E-state index in [0.717, 1.165) is 12.0 Å². The Kier molecular flexibility index (Phi) is 4.84. The fourth-order valence-corrected chi connectivity index (χ4v) is 1.14. The van der Waals surface area contributed by atoms with Crippen LogP contribution in [0.15, 0.2) is 24.4 Å². The van der Waals surface area contributed by atoms with Gasteiger partial charge < -0.3 is 10.1 Å². The quantitative estimate of drug-likeness (QED) is 0.801. The maximum Gasteiger partial charge on any atom is 0.212 e. The summed E-state index contributed by atoms with van der Waals surface area (Å²) in [6.07, 6.45) is 7.03. The topological polar surface area (TPSA) is 34.1 Å². The molecule has 1 heterocycles. The molecule has 1 rings (SSSR count). The number of ether oxygens (including phenoxy) is 1. The molecule has 1 atom stereocenters. The predicted octanol–water partition coefficient (Wildman–Crippen LogP) is 2.10. The van der Waals surface area contributed by atoms with Crippen molar-refractivity contribution < 1.29 is 4.74 Å². The minimum Gasteiger partial charge on any atom is -0.481 e. The molecule has 1 N–H and O–H groups in total. The number of nitrogens with zero attached hydrogens (tertiary/aromatic N) is 1. The van der Waals surface area contributed by atoms with Gasteiger partial charge in [0.15, 0.2) is 0 Å². The van der Waals surface area contributed by atoms with E-state index < -0.39 is 0 Å². The second-order valence-corrected chi connectivity index (χ2v) is 3.46. The lowest BCUT2D eigenvalue weighted by atomic mass is 10.2. The first-order valence-electron chi connectivity index (χ1n) is 5.10. The van der Waals surface area contributed by atoms with Crippen molar-refractivity contribution >= 4 is 6.08 Å². The van der Waals surface area contributed by atoms with E-state index in [1.54, 1.807) is 13.3 Å². The summed E-state index contributed by atoms with van der Waals surface area (Å²) in [4.78, 5) is 4.13. The van der Waals surface area contributed by atoms with Crippen LogP contribution in [-0.4, -0.2) is 25.2 Å². The van der Waals surface area contributed by atoms with Gasteiger partial charge in [-0.15, -0.1) is 0 Å². The largest absolute Gasteiger partial charge is 0.481 e. The average Bonchev–Trinajstić information content (AvgIpc) is 2.29. The molecular weight excluding hydrogens is 188 g/mol. The first kappa shape index (κ1) is 11.7. The SMILES string of the molecule is CNC(C)CC=Cc1ccc(OC)nc1. The molecule has 1 aromatic rings. The molecule has 3 nitrogen and oxygen atoms in total. The van der Waals surface area contributed by atoms with Crippen LogP contribution in [0.4, 0.5) is 0 Å². The van der Waals surface area contributed by atoms with E-state index >= 15 is 0 Å². The Morgan fingerprint density at radius 3 is 2.87 bits per heavy atom. The van der Waals surface area contributed by atoms with Gasteiger partial charge in [0.25, 0.3) is 0 Å². The van der Waals surface area contributed by atoms with Crippen LogP contribution >= 0.6 is 0 Å². The van der Waals surface area contributed by atoms with Gasteiger partial charge in [0.1, 0.15) is 0 Å². The molecule has 15 heavy (non-hydrogen) atoms. The summed E-state index contributed by atoms with van der Waals surface area (Å²) in [6, 6.07) is 4.36. The number of pyridine rings is 1. The summed E-state index contributed by atoms with van der Waals surface area (Å²) >= 11 is 0. The van der Waals surface area contributed by atoms with Crippen LogP contribution in [0.1, 0.15) is 18.9 Å². The molecule has 0 bridgehead atoms. The van der Waals surface area contributed by atoms with Crippen LogP contribution in [0.2, 0.25) is 0 Å². The molecule has 0 amide bonds. The Morgan fingerprint density at radius 1 is 1.53 bits per heavy atom. The van der Waals surface area contributed by atoms with Gasteiger partial charge >= 0.3 is 0 Å². The number of methoxy groups -OCH3 is 1. The fourth-order valence-electron chi connectivity index (χ4n) is 1.14. The van der Waals surface area contributed by atoms with E-state index in [1.807, 2.05) is 19.2 Å². The second-order valence-electron chi connectivity index (χ2n) is 3.46. The predicted molar refractivity (Wildman–Crippen MR) is 63.0 cm³/mol. The summed E-state index contributed by atoms with van der Waals surface area (Å²) in [6.45, 7) is 2.15. The molecule has 1 aromatic heterocycles. The van der Waals surface area contributed by atoms with Gasteiger partial charge in [-0.2, -0.15) is 0 Å². The summed E-state index contributed by atoms with van der Waals surface area (Å²) in [5, 5.41) is 3.18. The number of aromatic nitrogens is 1. The number of hydrogen-bond donors (Lipinski definition) is 1. The molecule has 0 aliphatic heterocycles. The third-order valence-corrected chi connectivity index (χ3v) is 2.26. The zero-order valence-corrected chi connectivity index (χ0v) is 9.53. The molecule has 0 spiro atoms. The van der Waals surface area contributed by atoms with Gasteiger partial charge in [-0.3, -0.25) is 0 Å². The molecule has 0 saturated heterocycles. The highest BCUT2D eigenvalue weighted by Gasteiger charge is 1.94. The van der Waals surface area contributed by atoms with Crippen molar-refractivity contribution in [3.63, 3.8) is 0 Å². The van der Waals surface area contributed by atoms with Crippen molar-refractivity contribution in [2.75, 3.05) is 14.2 Å². The van der Waals surface area contributed by atoms with Crippen molar-refractivity contribution in [2.45, 2.75) is 19.4 Å². The Bertz CT molecular complexity index is 306. The smallest absolute Gasteiger partial charge is 0.212 e. The van der Waals surface area contributed by atoms with Gasteiger partial charge in [-0.05, 0) is 32.0 Å². The van der Waals surface area contributed by atoms with Crippen molar-refractivity contribution in [1.29, 1.82) is 0 Å². The lowest BCUT2D eigenvalue weighted by Gasteiger charge is -2.04. The Morgan fingerprint density at radius 2 is 2.33 bits per heavy atom. The summed E-state index contributed by atoms with van der Waals surface area (Å²) in [7, 11) is 3.58. The molecule has 1 unspecified atom stereocenters. The summed E-state index contributed by atoms with van der Waals surface area (Å²) in [5.41, 5.74) is 1.10. The first-order valence-corrected chi connectivity index (χ1v) is 5.10. The van der Waals surface area contributed by atoms with E-state index in [1.165, 1.54) is 0 Å². The van der Waals surface area contributed by atoms with Gasteiger partial charge in [0, 0.05) is 18.3 Å². The number of nitrogens with one attached hydrogen (secondary N) is 1. The zero-order chi connectivity index (χ0) is 11.1. The first-order chi connectivity index (χ1) is 7.26. The molecular formula is C12H18N2O. The maximum atomic E-state index is 4.98. The van der Waals surface area contributed by atoms with E-state index in [9.17, 15) is 0 Å². The molecule has 0 saturated carbocycles. The maximum absolute atomic E-state index is 4.98. The lowest BCUT2D eigenvalue weighted by molar-refractivity contribution is 0.398. The molecule has 0 fully saturated rings. The van der Waals surface area contributed by atoms with Crippen molar-refractivity contribution in [2.24, 2.45) is 0 Å². The third kappa shape index (κ3) is 4.13. The van der Waals surface area contributed by atoms with E-state index in [4.69, 9.17) is 4.74 Å². The Labute approximate surface area is 91.2 Å². The van der Waals surface area contributed by atoms with Crippen molar-refractivity contribution in [3.05, 3.63) is 30.0 Å². The molecule has 0 radical (unpaired) electrons. The van der Waals surface area contributed by atoms with Crippen LogP contribution in [0.5, 0.6) is 5.88 Å². The molecule has 0 aromatic carbocycles. The van der Waals surface area contributed by atoms with Crippen LogP contribution in [0.3, 0.4) is 0 Å². The highest BCUT2D eigenvalue weighted by Crippen LogP contribution is 2.08. The Balaban J connectivity index is 2.49.